The second-order valence-corrected chi connectivity index (χ2v) is 6.80. The molecule has 0 saturated carbocycles. The van der Waals surface area contributed by atoms with Gasteiger partial charge in [0.1, 0.15) is 5.75 Å². The maximum absolute atomic E-state index is 11.8. The van der Waals surface area contributed by atoms with Crippen molar-refractivity contribution in [2.75, 3.05) is 6.54 Å². The summed E-state index contributed by atoms with van der Waals surface area (Å²) in [4.78, 5) is 11.8. The zero-order valence-corrected chi connectivity index (χ0v) is 13.6. The lowest BCUT2D eigenvalue weighted by atomic mass is 9.92. The zero-order chi connectivity index (χ0) is 16.0. The van der Waals surface area contributed by atoms with Gasteiger partial charge < -0.3 is 15.2 Å². The van der Waals surface area contributed by atoms with Crippen LogP contribution in [0.5, 0.6) is 5.75 Å². The third-order valence-electron chi connectivity index (χ3n) is 2.80. The molecule has 0 bridgehead atoms. The zero-order valence-electron chi connectivity index (χ0n) is 13.6. The summed E-state index contributed by atoms with van der Waals surface area (Å²) < 4.78 is 5.60. The Morgan fingerprint density at radius 1 is 1.33 bits per heavy atom. The molecule has 0 saturated heterocycles. The van der Waals surface area contributed by atoms with Crippen LogP contribution in [-0.4, -0.2) is 23.7 Å². The average molecular weight is 293 g/mol. The van der Waals surface area contributed by atoms with Crippen LogP contribution in [0.15, 0.2) is 24.3 Å². The van der Waals surface area contributed by atoms with Crippen molar-refractivity contribution < 1.29 is 14.6 Å². The molecule has 0 heterocycles. The third-order valence-corrected chi connectivity index (χ3v) is 2.80. The maximum Gasteiger partial charge on any atom is 0.220 e. The van der Waals surface area contributed by atoms with E-state index >= 15 is 0 Å². The molecule has 4 nitrogen and oxygen atoms in total. The third kappa shape index (κ3) is 7.14. The Kier molecular flexibility index (Phi) is 6.21. The van der Waals surface area contributed by atoms with Crippen LogP contribution in [0.1, 0.15) is 52.7 Å². The van der Waals surface area contributed by atoms with Crippen molar-refractivity contribution in [3.05, 3.63) is 29.8 Å². The summed E-state index contributed by atoms with van der Waals surface area (Å²) in [6.07, 6.45) is -0.204. The van der Waals surface area contributed by atoms with E-state index in [4.69, 9.17) is 4.74 Å². The number of amides is 1. The lowest BCUT2D eigenvalue weighted by Crippen LogP contribution is -2.31. The van der Waals surface area contributed by atoms with Crippen LogP contribution >= 0.6 is 0 Å². The number of hydrogen-bond acceptors (Lipinski definition) is 3. The topological polar surface area (TPSA) is 58.6 Å². The number of ether oxygens (including phenoxy) is 1. The Labute approximate surface area is 127 Å². The van der Waals surface area contributed by atoms with E-state index in [0.29, 0.717) is 6.42 Å². The molecule has 2 N–H and O–H groups in total. The Balaban J connectivity index is 2.55. The molecule has 0 radical (unpaired) electrons. The molecule has 1 aromatic rings. The molecule has 0 aliphatic carbocycles. The van der Waals surface area contributed by atoms with Gasteiger partial charge in [-0.05, 0) is 37.0 Å². The van der Waals surface area contributed by atoms with Gasteiger partial charge in [-0.15, -0.1) is 0 Å². The van der Waals surface area contributed by atoms with Gasteiger partial charge in [0.15, 0.2) is 0 Å². The molecular weight excluding hydrogens is 266 g/mol. The number of carbonyl (C=O) groups excluding carboxylic acids is 1. The molecule has 0 fully saturated rings. The van der Waals surface area contributed by atoms with Crippen molar-refractivity contribution in [2.24, 2.45) is 5.41 Å². The molecular formula is C17H27NO3. The Bertz CT molecular complexity index is 463. The number of benzene rings is 1. The van der Waals surface area contributed by atoms with Crippen LogP contribution in [-0.2, 0) is 4.79 Å². The Hall–Kier alpha value is -1.55. The minimum Gasteiger partial charge on any atom is -0.491 e. The van der Waals surface area contributed by atoms with E-state index in [2.05, 4.69) is 5.32 Å². The fourth-order valence-corrected chi connectivity index (χ4v) is 1.94. The predicted octanol–water partition coefficient (Wildman–Crippen LogP) is 3.06. The SMILES string of the molecule is CC(C)Oc1cccc(C(O)CNC(=O)CC(C)(C)C)c1. The van der Waals surface area contributed by atoms with Crippen LogP contribution < -0.4 is 10.1 Å². The van der Waals surface area contributed by atoms with Crippen molar-refractivity contribution in [2.45, 2.75) is 53.2 Å². The second kappa shape index (κ2) is 7.46. The molecule has 1 unspecified atom stereocenters. The summed E-state index contributed by atoms with van der Waals surface area (Å²) in [7, 11) is 0. The lowest BCUT2D eigenvalue weighted by molar-refractivity contribution is -0.123. The highest BCUT2D eigenvalue weighted by molar-refractivity contribution is 5.76. The van der Waals surface area contributed by atoms with Crippen molar-refractivity contribution in [1.29, 1.82) is 0 Å². The van der Waals surface area contributed by atoms with Gasteiger partial charge in [0, 0.05) is 13.0 Å². The molecule has 0 aliphatic rings. The smallest absolute Gasteiger partial charge is 0.220 e. The molecule has 0 aliphatic heterocycles. The van der Waals surface area contributed by atoms with Crippen molar-refractivity contribution in [3.63, 3.8) is 0 Å². The quantitative estimate of drug-likeness (QED) is 0.847. The van der Waals surface area contributed by atoms with E-state index in [1.807, 2.05) is 52.8 Å². The molecule has 1 rings (SSSR count). The van der Waals surface area contributed by atoms with Crippen LogP contribution in [0.4, 0.5) is 0 Å². The van der Waals surface area contributed by atoms with E-state index in [-0.39, 0.29) is 24.0 Å². The van der Waals surface area contributed by atoms with E-state index in [1.54, 1.807) is 6.07 Å². The van der Waals surface area contributed by atoms with Gasteiger partial charge in [-0.1, -0.05) is 32.9 Å². The summed E-state index contributed by atoms with van der Waals surface area (Å²) in [5, 5.41) is 12.9. The van der Waals surface area contributed by atoms with Gasteiger partial charge >= 0.3 is 0 Å². The summed E-state index contributed by atoms with van der Waals surface area (Å²) in [5.74, 6) is 0.679. The lowest BCUT2D eigenvalue weighted by Gasteiger charge is -2.19. The highest BCUT2D eigenvalue weighted by atomic mass is 16.5. The summed E-state index contributed by atoms with van der Waals surface area (Å²) >= 11 is 0. The highest BCUT2D eigenvalue weighted by Gasteiger charge is 2.17. The molecule has 4 heteroatoms. The van der Waals surface area contributed by atoms with Gasteiger partial charge in [0.25, 0.3) is 0 Å². The van der Waals surface area contributed by atoms with Gasteiger partial charge in [0.05, 0.1) is 12.2 Å². The van der Waals surface area contributed by atoms with Gasteiger partial charge in [-0.25, -0.2) is 0 Å². The Morgan fingerprint density at radius 2 is 2.00 bits per heavy atom. The first-order valence-corrected chi connectivity index (χ1v) is 7.39. The first kappa shape index (κ1) is 17.5. The van der Waals surface area contributed by atoms with E-state index < -0.39 is 6.10 Å². The molecule has 1 atom stereocenters. The van der Waals surface area contributed by atoms with Crippen molar-refractivity contribution in [3.8, 4) is 5.75 Å². The first-order valence-electron chi connectivity index (χ1n) is 7.39. The minimum atomic E-state index is -0.732. The van der Waals surface area contributed by atoms with E-state index in [9.17, 15) is 9.90 Å². The largest absolute Gasteiger partial charge is 0.491 e. The van der Waals surface area contributed by atoms with E-state index in [1.165, 1.54) is 0 Å². The van der Waals surface area contributed by atoms with Crippen molar-refractivity contribution >= 4 is 5.91 Å². The van der Waals surface area contributed by atoms with E-state index in [0.717, 1.165) is 11.3 Å². The van der Waals surface area contributed by atoms with Crippen LogP contribution in [0, 0.1) is 5.41 Å². The van der Waals surface area contributed by atoms with Gasteiger partial charge in [0.2, 0.25) is 5.91 Å². The monoisotopic (exact) mass is 293 g/mol. The Morgan fingerprint density at radius 3 is 2.57 bits per heavy atom. The number of hydrogen-bond donors (Lipinski definition) is 2. The number of rotatable bonds is 6. The average Bonchev–Trinajstić information content (AvgIpc) is 2.33. The predicted molar refractivity (Wildman–Crippen MR) is 84.2 cm³/mol. The normalized spacial score (nSPS) is 13.1. The maximum atomic E-state index is 11.8. The van der Waals surface area contributed by atoms with Gasteiger partial charge in [-0.2, -0.15) is 0 Å². The highest BCUT2D eigenvalue weighted by Crippen LogP contribution is 2.21. The number of aliphatic hydroxyl groups excluding tert-OH is 1. The summed E-state index contributed by atoms with van der Waals surface area (Å²) in [6, 6.07) is 7.33. The van der Waals surface area contributed by atoms with Crippen LogP contribution in [0.2, 0.25) is 0 Å². The molecule has 0 aromatic heterocycles. The fourth-order valence-electron chi connectivity index (χ4n) is 1.94. The number of carbonyl (C=O) groups is 1. The first-order chi connectivity index (χ1) is 9.67. The van der Waals surface area contributed by atoms with Crippen LogP contribution in [0.25, 0.3) is 0 Å². The minimum absolute atomic E-state index is 0.0452. The summed E-state index contributed by atoms with van der Waals surface area (Å²) in [5.41, 5.74) is 0.685. The summed E-state index contributed by atoms with van der Waals surface area (Å²) in [6.45, 7) is 10.1. The molecule has 1 amide bonds. The number of nitrogens with one attached hydrogen (secondary N) is 1. The molecule has 1 aromatic carbocycles. The standard InChI is InChI=1S/C17H27NO3/c1-12(2)21-14-8-6-7-13(9-14)15(19)11-18-16(20)10-17(3,4)5/h6-9,12,15,19H,10-11H2,1-5H3,(H,18,20). The molecule has 118 valence electrons. The van der Waals surface area contributed by atoms with Crippen molar-refractivity contribution in [1.82, 2.24) is 5.32 Å². The number of aliphatic hydroxyl groups is 1. The fraction of sp³-hybridized carbons (Fsp3) is 0.588. The molecule has 21 heavy (non-hydrogen) atoms. The van der Waals surface area contributed by atoms with Crippen LogP contribution in [0.3, 0.4) is 0 Å². The van der Waals surface area contributed by atoms with Gasteiger partial charge in [-0.3, -0.25) is 4.79 Å². The molecule has 0 spiro atoms. The second-order valence-electron chi connectivity index (χ2n) is 6.80.